The predicted molar refractivity (Wildman–Crippen MR) is 134 cm³/mol. The summed E-state index contributed by atoms with van der Waals surface area (Å²) in [5.41, 5.74) is 1.22. The van der Waals surface area contributed by atoms with Gasteiger partial charge in [0, 0.05) is 0 Å². The van der Waals surface area contributed by atoms with Crippen molar-refractivity contribution in [1.82, 2.24) is 0 Å². The number of hydrogen-bond donors (Lipinski definition) is 2. The van der Waals surface area contributed by atoms with E-state index in [0.29, 0.717) is 28.3 Å². The fourth-order valence-electron chi connectivity index (χ4n) is 10.5. The number of aliphatic hydroxyl groups is 2. The zero-order valence-corrected chi connectivity index (χ0v) is 22.6. The van der Waals surface area contributed by atoms with Crippen LogP contribution in [0.3, 0.4) is 0 Å². The Bertz CT molecular complexity index is 762. The Morgan fingerprint density at radius 2 is 1.58 bits per heavy atom. The van der Waals surface area contributed by atoms with Crippen LogP contribution < -0.4 is 0 Å². The molecule has 3 nitrogen and oxygen atoms in total. The first-order valence-corrected chi connectivity index (χ1v) is 14.3. The summed E-state index contributed by atoms with van der Waals surface area (Å²) in [7, 11) is 0. The maximum atomic E-state index is 11.4. The summed E-state index contributed by atoms with van der Waals surface area (Å²) in [4.78, 5) is 0. The van der Waals surface area contributed by atoms with Crippen LogP contribution in [0, 0.1) is 50.7 Å². The molecule has 0 amide bonds. The van der Waals surface area contributed by atoms with Gasteiger partial charge in [-0.25, -0.2) is 0 Å². The van der Waals surface area contributed by atoms with Crippen LogP contribution in [0.4, 0.5) is 0 Å². The smallest absolute Gasteiger partial charge is 0.0663 e. The van der Waals surface area contributed by atoms with Crippen LogP contribution in [0.5, 0.6) is 0 Å². The highest BCUT2D eigenvalue weighted by molar-refractivity contribution is 5.19. The van der Waals surface area contributed by atoms with E-state index in [2.05, 4.69) is 48.5 Å². The number of fused-ring (bicyclic) bond motifs is 3. The highest BCUT2D eigenvalue weighted by Crippen LogP contribution is 2.76. The van der Waals surface area contributed by atoms with E-state index >= 15 is 0 Å². The van der Waals surface area contributed by atoms with E-state index in [4.69, 9.17) is 4.74 Å². The Labute approximate surface area is 203 Å². The molecule has 4 saturated carbocycles. The summed E-state index contributed by atoms with van der Waals surface area (Å²) in [5.74, 6) is 2.30. The summed E-state index contributed by atoms with van der Waals surface area (Å²) in [6.07, 6.45) is 11.6. The maximum absolute atomic E-state index is 11.4. The van der Waals surface area contributed by atoms with Crippen LogP contribution >= 0.6 is 0 Å². The van der Waals surface area contributed by atoms with E-state index in [0.717, 1.165) is 44.1 Å². The van der Waals surface area contributed by atoms with Crippen molar-refractivity contribution in [3.8, 4) is 0 Å². The second kappa shape index (κ2) is 7.69. The normalized spacial score (nSPS) is 53.8. The molecule has 4 aliphatic carbocycles. The average Bonchev–Trinajstić information content (AvgIpc) is 3.09. The second-order valence-corrected chi connectivity index (χ2v) is 15.1. The molecule has 0 aromatic heterocycles. The van der Waals surface area contributed by atoms with Crippen molar-refractivity contribution in [2.24, 2.45) is 50.7 Å². The van der Waals surface area contributed by atoms with Crippen LogP contribution in [0.2, 0.25) is 0 Å². The second-order valence-electron chi connectivity index (χ2n) is 15.1. The Balaban J connectivity index is 1.48. The zero-order valence-electron chi connectivity index (χ0n) is 22.6. The third-order valence-electron chi connectivity index (χ3n) is 13.1. The summed E-state index contributed by atoms with van der Waals surface area (Å²) < 4.78 is 6.67. The first-order valence-electron chi connectivity index (χ1n) is 14.3. The van der Waals surface area contributed by atoms with Gasteiger partial charge in [-0.15, -0.1) is 0 Å². The summed E-state index contributed by atoms with van der Waals surface area (Å²) in [5, 5.41) is 22.0. The van der Waals surface area contributed by atoms with Gasteiger partial charge in [0.25, 0.3) is 0 Å². The number of ether oxygens (including phenoxy) is 1. The minimum Gasteiger partial charge on any atom is -0.393 e. The molecule has 2 N–H and O–H groups in total. The molecule has 0 aromatic rings. The van der Waals surface area contributed by atoms with Crippen molar-refractivity contribution in [2.45, 2.75) is 131 Å². The van der Waals surface area contributed by atoms with Gasteiger partial charge in [0.2, 0.25) is 0 Å². The molecule has 1 aliphatic heterocycles. The van der Waals surface area contributed by atoms with Gasteiger partial charge < -0.3 is 14.9 Å². The van der Waals surface area contributed by atoms with Crippen molar-refractivity contribution in [3.63, 3.8) is 0 Å². The minimum absolute atomic E-state index is 0.0900. The van der Waals surface area contributed by atoms with Gasteiger partial charge in [-0.1, -0.05) is 48.5 Å². The highest BCUT2D eigenvalue weighted by Gasteiger charge is 2.71. The fourth-order valence-corrected chi connectivity index (χ4v) is 10.5. The van der Waals surface area contributed by atoms with E-state index in [9.17, 15) is 10.2 Å². The largest absolute Gasteiger partial charge is 0.393 e. The van der Waals surface area contributed by atoms with E-state index < -0.39 is 0 Å². The lowest BCUT2D eigenvalue weighted by Gasteiger charge is -2.71. The summed E-state index contributed by atoms with van der Waals surface area (Å²) >= 11 is 0. The molecule has 3 heteroatoms. The van der Waals surface area contributed by atoms with E-state index in [1.807, 2.05) is 0 Å². The van der Waals surface area contributed by atoms with Crippen LogP contribution in [-0.2, 0) is 4.74 Å². The van der Waals surface area contributed by atoms with E-state index in [1.165, 1.54) is 38.5 Å². The van der Waals surface area contributed by atoms with Gasteiger partial charge in [-0.05, 0) is 115 Å². The summed E-state index contributed by atoms with van der Waals surface area (Å²) in [6.45, 7) is 17.8. The van der Waals surface area contributed by atoms with Crippen LogP contribution in [0.15, 0.2) is 0 Å². The van der Waals surface area contributed by atoms with Crippen molar-refractivity contribution >= 4 is 0 Å². The molecule has 1 saturated heterocycles. The maximum Gasteiger partial charge on any atom is 0.0663 e. The molecule has 0 radical (unpaired) electrons. The van der Waals surface area contributed by atoms with Gasteiger partial charge in [0.15, 0.2) is 0 Å². The quantitative estimate of drug-likeness (QED) is 0.497. The van der Waals surface area contributed by atoms with Crippen LogP contribution in [-0.4, -0.2) is 35.1 Å². The topological polar surface area (TPSA) is 49.7 Å². The number of aliphatic hydroxyl groups excluding tert-OH is 2. The number of hydrogen-bond acceptors (Lipinski definition) is 3. The van der Waals surface area contributed by atoms with Crippen LogP contribution in [0.25, 0.3) is 0 Å². The van der Waals surface area contributed by atoms with Gasteiger partial charge in [-0.2, -0.15) is 0 Å². The molecule has 10 atom stereocenters. The Morgan fingerprint density at radius 1 is 0.879 bits per heavy atom. The standard InChI is InChI=1S/C30H52O3/c1-19(2)21(31)10-12-27(5)22-9-8-20-24-25-26(3,4)14-16-30(24,18-33-25)17-15-28(20,6)29(22,7)13-11-23(27)32/h19-25,31-32H,8-18H2,1-7H3/t20?,21?,22?,23-,24?,25-,27-,28-,29-,30-/m1/s1. The molecular weight excluding hydrogens is 408 g/mol. The minimum atomic E-state index is -0.263. The molecule has 190 valence electrons. The van der Waals surface area contributed by atoms with E-state index in [-0.39, 0.29) is 29.0 Å². The Kier molecular flexibility index (Phi) is 5.72. The lowest BCUT2D eigenvalue weighted by molar-refractivity contribution is -0.236. The molecule has 1 heterocycles. The molecule has 5 aliphatic rings. The average molecular weight is 461 g/mol. The summed E-state index contributed by atoms with van der Waals surface area (Å²) in [6, 6.07) is 0. The Morgan fingerprint density at radius 3 is 2.27 bits per heavy atom. The molecular formula is C30H52O3. The van der Waals surface area contributed by atoms with Crippen molar-refractivity contribution < 1.29 is 14.9 Å². The first kappa shape index (κ1) is 24.6. The third-order valence-corrected chi connectivity index (χ3v) is 13.1. The molecule has 2 bridgehead atoms. The fraction of sp³-hybridized carbons (Fsp3) is 1.00. The van der Waals surface area contributed by atoms with Gasteiger partial charge in [0.05, 0.1) is 24.9 Å². The molecule has 5 fully saturated rings. The van der Waals surface area contributed by atoms with Crippen LogP contribution in [0.1, 0.15) is 113 Å². The van der Waals surface area contributed by atoms with Crippen molar-refractivity contribution in [3.05, 3.63) is 0 Å². The monoisotopic (exact) mass is 460 g/mol. The molecule has 5 rings (SSSR count). The molecule has 0 spiro atoms. The third kappa shape index (κ3) is 3.23. The van der Waals surface area contributed by atoms with Crippen molar-refractivity contribution in [2.75, 3.05) is 6.61 Å². The van der Waals surface area contributed by atoms with Gasteiger partial charge in [0.1, 0.15) is 0 Å². The predicted octanol–water partition coefficient (Wildman–Crippen LogP) is 6.60. The van der Waals surface area contributed by atoms with Gasteiger partial charge in [-0.3, -0.25) is 0 Å². The lowest BCUT2D eigenvalue weighted by atomic mass is 9.34. The zero-order chi connectivity index (χ0) is 24.0. The lowest BCUT2D eigenvalue weighted by Crippen LogP contribution is -2.66. The first-order chi connectivity index (χ1) is 15.3. The van der Waals surface area contributed by atoms with Crippen molar-refractivity contribution in [1.29, 1.82) is 0 Å². The Hall–Kier alpha value is -0.120. The van der Waals surface area contributed by atoms with E-state index in [1.54, 1.807) is 0 Å². The number of rotatable bonds is 4. The van der Waals surface area contributed by atoms with Gasteiger partial charge >= 0.3 is 0 Å². The molecule has 0 aromatic carbocycles. The highest BCUT2D eigenvalue weighted by atomic mass is 16.5. The SMILES string of the molecule is CC(C)C(O)CC[C@]1(C)C2CCC3C4[C@H]5OC[C@@]4(CCC5(C)C)CC[C@@]3(C)[C@]2(C)CC[C@H]1O. The molecule has 4 unspecified atom stereocenters. The molecule has 33 heavy (non-hydrogen) atoms.